The van der Waals surface area contributed by atoms with Crippen LogP contribution in [0.2, 0.25) is 0 Å². The smallest absolute Gasteiger partial charge is 0.191 e. The van der Waals surface area contributed by atoms with Crippen LogP contribution < -0.4 is 0 Å². The summed E-state index contributed by atoms with van der Waals surface area (Å²) in [7, 11) is 0. The fourth-order valence-corrected chi connectivity index (χ4v) is 3.51. The van der Waals surface area contributed by atoms with Crippen molar-refractivity contribution in [3.05, 3.63) is 18.1 Å². The summed E-state index contributed by atoms with van der Waals surface area (Å²) in [6, 6.07) is 1.94. The minimum atomic E-state index is 0.362. The molecule has 2 aromatic heterocycles. The van der Waals surface area contributed by atoms with Gasteiger partial charge in [0.2, 0.25) is 0 Å². The summed E-state index contributed by atoms with van der Waals surface area (Å²) in [6.07, 6.45) is 4.38. The highest BCUT2D eigenvalue weighted by molar-refractivity contribution is 7.99. The first-order valence-electron chi connectivity index (χ1n) is 7.01. The first kappa shape index (κ1) is 13.7. The number of hydrogen-bond donors (Lipinski definition) is 0. The number of ether oxygens (including phenoxy) is 1. The molecule has 0 aromatic carbocycles. The Balaban J connectivity index is 1.78. The molecule has 0 aliphatic carbocycles. The molecule has 0 N–H and O–H groups in total. The summed E-state index contributed by atoms with van der Waals surface area (Å²) in [6.45, 7) is 5.80. The maximum absolute atomic E-state index is 5.65. The number of furan rings is 1. The second kappa shape index (κ2) is 6.01. The summed E-state index contributed by atoms with van der Waals surface area (Å²) < 4.78 is 13.2. The summed E-state index contributed by atoms with van der Waals surface area (Å²) in [5, 5.41) is 9.61. The number of aromatic nitrogens is 3. The summed E-state index contributed by atoms with van der Waals surface area (Å²) >= 11 is 1.73. The van der Waals surface area contributed by atoms with Crippen molar-refractivity contribution in [1.82, 2.24) is 14.8 Å². The van der Waals surface area contributed by atoms with Gasteiger partial charge in [-0.25, -0.2) is 0 Å². The third-order valence-electron chi connectivity index (χ3n) is 3.56. The van der Waals surface area contributed by atoms with E-state index < -0.39 is 0 Å². The number of aryl methyl sites for hydroxylation is 1. The molecule has 0 bridgehead atoms. The molecule has 0 amide bonds. The topological polar surface area (TPSA) is 53.1 Å². The first-order valence-corrected chi connectivity index (χ1v) is 8.00. The van der Waals surface area contributed by atoms with E-state index in [0.717, 1.165) is 47.6 Å². The molecule has 0 unspecified atom stereocenters. The molecule has 1 saturated heterocycles. The average molecular weight is 293 g/mol. The molecule has 20 heavy (non-hydrogen) atoms. The van der Waals surface area contributed by atoms with E-state index in [0.29, 0.717) is 6.10 Å². The molecule has 1 aliphatic heterocycles. The quantitative estimate of drug-likeness (QED) is 0.793. The molecular weight excluding hydrogens is 274 g/mol. The van der Waals surface area contributed by atoms with Crippen molar-refractivity contribution in [1.29, 1.82) is 0 Å². The Hall–Kier alpha value is -1.27. The van der Waals surface area contributed by atoms with Crippen molar-refractivity contribution in [2.24, 2.45) is 0 Å². The van der Waals surface area contributed by atoms with Crippen LogP contribution in [0.15, 0.2) is 21.9 Å². The molecule has 0 saturated carbocycles. The van der Waals surface area contributed by atoms with Crippen LogP contribution in [-0.4, -0.2) is 33.2 Å². The number of nitrogens with zero attached hydrogens (tertiary/aromatic N) is 3. The van der Waals surface area contributed by atoms with Gasteiger partial charge in [0.25, 0.3) is 0 Å². The number of rotatable bonds is 5. The highest BCUT2D eigenvalue weighted by atomic mass is 32.2. The van der Waals surface area contributed by atoms with Gasteiger partial charge >= 0.3 is 0 Å². The summed E-state index contributed by atoms with van der Waals surface area (Å²) in [4.78, 5) is 0. The van der Waals surface area contributed by atoms with E-state index in [9.17, 15) is 0 Å². The molecule has 1 aliphatic rings. The second-order valence-electron chi connectivity index (χ2n) is 4.89. The van der Waals surface area contributed by atoms with Crippen LogP contribution >= 0.6 is 11.8 Å². The summed E-state index contributed by atoms with van der Waals surface area (Å²) in [5.41, 5.74) is 1.02. The first-order chi connectivity index (χ1) is 9.79. The van der Waals surface area contributed by atoms with Crippen LogP contribution in [0.4, 0.5) is 0 Å². The molecule has 108 valence electrons. The van der Waals surface area contributed by atoms with E-state index in [2.05, 4.69) is 21.7 Å². The standard InChI is InChI=1S/C14H19N3O2S/c1-3-17-13(12-6-8-18-10(12)2)15-16-14(17)20-9-11-5-4-7-19-11/h6,8,11H,3-5,7,9H2,1-2H3/t11-/m0/s1. The van der Waals surface area contributed by atoms with Gasteiger partial charge in [-0.15, -0.1) is 10.2 Å². The van der Waals surface area contributed by atoms with Gasteiger partial charge in [-0.05, 0) is 32.8 Å². The van der Waals surface area contributed by atoms with Gasteiger partial charge in [0.15, 0.2) is 11.0 Å². The predicted octanol–water partition coefficient (Wildman–Crippen LogP) is 3.14. The Morgan fingerprint density at radius 1 is 1.45 bits per heavy atom. The van der Waals surface area contributed by atoms with Crippen LogP contribution in [0.25, 0.3) is 11.4 Å². The van der Waals surface area contributed by atoms with Crippen molar-refractivity contribution in [3.8, 4) is 11.4 Å². The van der Waals surface area contributed by atoms with Crippen molar-refractivity contribution in [3.63, 3.8) is 0 Å². The van der Waals surface area contributed by atoms with Crippen molar-refractivity contribution >= 4 is 11.8 Å². The Labute approximate surface area is 122 Å². The van der Waals surface area contributed by atoms with Gasteiger partial charge in [-0.2, -0.15) is 0 Å². The van der Waals surface area contributed by atoms with E-state index in [-0.39, 0.29) is 0 Å². The second-order valence-corrected chi connectivity index (χ2v) is 5.87. The molecule has 5 nitrogen and oxygen atoms in total. The number of thioether (sulfide) groups is 1. The fourth-order valence-electron chi connectivity index (χ4n) is 2.44. The SMILES string of the molecule is CCn1c(SC[C@@H]2CCCO2)nnc1-c1ccoc1C. The van der Waals surface area contributed by atoms with Crippen LogP contribution in [0, 0.1) is 6.92 Å². The van der Waals surface area contributed by atoms with Crippen molar-refractivity contribution < 1.29 is 9.15 Å². The number of hydrogen-bond acceptors (Lipinski definition) is 5. The van der Waals surface area contributed by atoms with E-state index in [1.165, 1.54) is 6.42 Å². The minimum Gasteiger partial charge on any atom is -0.469 e. The van der Waals surface area contributed by atoms with E-state index >= 15 is 0 Å². The largest absolute Gasteiger partial charge is 0.469 e. The van der Waals surface area contributed by atoms with Gasteiger partial charge in [0.05, 0.1) is 17.9 Å². The van der Waals surface area contributed by atoms with E-state index in [4.69, 9.17) is 9.15 Å². The molecule has 6 heteroatoms. The molecule has 1 atom stereocenters. The van der Waals surface area contributed by atoms with E-state index in [1.54, 1.807) is 18.0 Å². The zero-order valence-electron chi connectivity index (χ0n) is 11.8. The Bertz CT molecular complexity index is 573. The van der Waals surface area contributed by atoms with Crippen LogP contribution in [0.5, 0.6) is 0 Å². The Morgan fingerprint density at radius 3 is 3.00 bits per heavy atom. The Morgan fingerprint density at radius 2 is 2.35 bits per heavy atom. The van der Waals surface area contributed by atoms with Gasteiger partial charge in [-0.1, -0.05) is 11.8 Å². The minimum absolute atomic E-state index is 0.362. The average Bonchev–Trinajstić information content (AvgIpc) is 3.16. The van der Waals surface area contributed by atoms with Gasteiger partial charge in [0.1, 0.15) is 5.76 Å². The zero-order chi connectivity index (χ0) is 13.9. The summed E-state index contributed by atoms with van der Waals surface area (Å²) in [5.74, 6) is 2.71. The lowest BCUT2D eigenvalue weighted by atomic mass is 10.2. The van der Waals surface area contributed by atoms with Gasteiger partial charge in [0, 0.05) is 18.9 Å². The lowest BCUT2D eigenvalue weighted by Crippen LogP contribution is -2.09. The molecule has 3 heterocycles. The highest BCUT2D eigenvalue weighted by Gasteiger charge is 2.20. The maximum atomic E-state index is 5.65. The van der Waals surface area contributed by atoms with Crippen LogP contribution in [-0.2, 0) is 11.3 Å². The van der Waals surface area contributed by atoms with Crippen LogP contribution in [0.1, 0.15) is 25.5 Å². The van der Waals surface area contributed by atoms with E-state index in [1.807, 2.05) is 13.0 Å². The lowest BCUT2D eigenvalue weighted by Gasteiger charge is -2.09. The van der Waals surface area contributed by atoms with Crippen LogP contribution in [0.3, 0.4) is 0 Å². The molecule has 2 aromatic rings. The Kier molecular flexibility index (Phi) is 4.12. The lowest BCUT2D eigenvalue weighted by molar-refractivity contribution is 0.129. The molecular formula is C14H19N3O2S. The third-order valence-corrected chi connectivity index (χ3v) is 4.65. The fraction of sp³-hybridized carbons (Fsp3) is 0.571. The van der Waals surface area contributed by atoms with Crippen molar-refractivity contribution in [2.75, 3.05) is 12.4 Å². The normalized spacial score (nSPS) is 18.8. The maximum Gasteiger partial charge on any atom is 0.191 e. The predicted molar refractivity (Wildman–Crippen MR) is 77.8 cm³/mol. The molecule has 0 radical (unpaired) electrons. The molecule has 0 spiro atoms. The van der Waals surface area contributed by atoms with Gasteiger partial charge < -0.3 is 13.7 Å². The van der Waals surface area contributed by atoms with Crippen molar-refractivity contribution in [2.45, 2.75) is 44.5 Å². The molecule has 3 rings (SSSR count). The monoisotopic (exact) mass is 293 g/mol. The third kappa shape index (κ3) is 2.62. The molecule has 1 fully saturated rings. The zero-order valence-corrected chi connectivity index (χ0v) is 12.7. The highest BCUT2D eigenvalue weighted by Crippen LogP contribution is 2.28. The van der Waals surface area contributed by atoms with Gasteiger partial charge in [-0.3, -0.25) is 0 Å².